The van der Waals surface area contributed by atoms with Gasteiger partial charge in [0, 0.05) is 13.8 Å². The maximum absolute atomic E-state index is 9.39. The fourth-order valence-electron chi connectivity index (χ4n) is 1.76. The molecule has 0 atom stereocenters. The van der Waals surface area contributed by atoms with Gasteiger partial charge in [-0.3, -0.25) is 0 Å². The lowest BCUT2D eigenvalue weighted by molar-refractivity contribution is 1.34. The maximum Gasteiger partial charge on any atom is 0.103 e. The molecule has 2 nitrogen and oxygen atoms in total. The monoisotopic (exact) mass is 410 g/mol. The fourth-order valence-corrected chi connectivity index (χ4v) is 3.69. The smallest absolute Gasteiger partial charge is 0.103 e. The first-order valence-electron chi connectivity index (χ1n) is 6.03. The second kappa shape index (κ2) is 7.16. The van der Waals surface area contributed by atoms with Gasteiger partial charge in [-0.1, -0.05) is 28.9 Å². The standard InChI is InChI=1S/C15H12Br2N2S/c1-2-20-15-5-3-4-13(11(15)9-18)19-14-7-6-10(16)8-12(14)17/h3-8,19H,2H2,1H3. The number of hydrogen-bond acceptors (Lipinski definition) is 3. The van der Waals surface area contributed by atoms with Gasteiger partial charge in [0.25, 0.3) is 0 Å². The molecule has 0 spiro atoms. The Morgan fingerprint density at radius 1 is 1.20 bits per heavy atom. The Kier molecular flexibility index (Phi) is 5.53. The minimum Gasteiger partial charge on any atom is -0.353 e. The van der Waals surface area contributed by atoms with Gasteiger partial charge in [-0.15, -0.1) is 11.8 Å². The van der Waals surface area contributed by atoms with Gasteiger partial charge < -0.3 is 5.32 Å². The summed E-state index contributed by atoms with van der Waals surface area (Å²) >= 11 is 8.62. The highest BCUT2D eigenvalue weighted by molar-refractivity contribution is 9.11. The van der Waals surface area contributed by atoms with E-state index in [0.717, 1.165) is 31.0 Å². The number of thioether (sulfide) groups is 1. The van der Waals surface area contributed by atoms with Crippen molar-refractivity contribution < 1.29 is 0 Å². The molecule has 0 amide bonds. The molecular formula is C15H12Br2N2S. The molecular weight excluding hydrogens is 400 g/mol. The summed E-state index contributed by atoms with van der Waals surface area (Å²) in [7, 11) is 0. The molecule has 1 N–H and O–H groups in total. The van der Waals surface area contributed by atoms with Crippen LogP contribution in [0.4, 0.5) is 11.4 Å². The first kappa shape index (κ1) is 15.4. The van der Waals surface area contributed by atoms with E-state index in [4.69, 9.17) is 0 Å². The van der Waals surface area contributed by atoms with Crippen molar-refractivity contribution in [2.45, 2.75) is 11.8 Å². The Hall–Kier alpha value is -0.960. The molecule has 0 bridgehead atoms. The second-order valence-corrected chi connectivity index (χ2v) is 7.05. The summed E-state index contributed by atoms with van der Waals surface area (Å²) in [6.45, 7) is 2.08. The molecule has 0 heterocycles. The average Bonchev–Trinajstić information content (AvgIpc) is 2.42. The number of hydrogen-bond donors (Lipinski definition) is 1. The number of nitrogens with zero attached hydrogens (tertiary/aromatic N) is 1. The Labute approximate surface area is 139 Å². The van der Waals surface area contributed by atoms with Gasteiger partial charge in [0.15, 0.2) is 0 Å². The highest BCUT2D eigenvalue weighted by atomic mass is 79.9. The van der Waals surface area contributed by atoms with Crippen molar-refractivity contribution in [3.8, 4) is 6.07 Å². The van der Waals surface area contributed by atoms with Crippen LogP contribution in [0.3, 0.4) is 0 Å². The first-order valence-corrected chi connectivity index (χ1v) is 8.61. The molecule has 102 valence electrons. The van der Waals surface area contributed by atoms with Crippen LogP contribution < -0.4 is 5.32 Å². The zero-order chi connectivity index (χ0) is 14.5. The van der Waals surface area contributed by atoms with Crippen molar-refractivity contribution in [3.05, 3.63) is 50.9 Å². The summed E-state index contributed by atoms with van der Waals surface area (Å²) < 4.78 is 1.95. The number of halogens is 2. The van der Waals surface area contributed by atoms with Gasteiger partial charge in [-0.05, 0) is 52.0 Å². The van der Waals surface area contributed by atoms with Gasteiger partial charge in [-0.25, -0.2) is 0 Å². The van der Waals surface area contributed by atoms with Crippen molar-refractivity contribution >= 4 is 55.0 Å². The van der Waals surface area contributed by atoms with Crippen molar-refractivity contribution in [2.24, 2.45) is 0 Å². The average molecular weight is 412 g/mol. The van der Waals surface area contributed by atoms with Crippen LogP contribution in [0.1, 0.15) is 12.5 Å². The summed E-state index contributed by atoms with van der Waals surface area (Å²) in [6.07, 6.45) is 0. The third-order valence-corrected chi connectivity index (χ3v) is 4.73. The van der Waals surface area contributed by atoms with Crippen LogP contribution in [0.5, 0.6) is 0 Å². The Morgan fingerprint density at radius 3 is 2.65 bits per heavy atom. The lowest BCUT2D eigenvalue weighted by Gasteiger charge is -2.12. The summed E-state index contributed by atoms with van der Waals surface area (Å²) in [5.41, 5.74) is 2.45. The summed E-state index contributed by atoms with van der Waals surface area (Å²) in [6, 6.07) is 14.1. The summed E-state index contributed by atoms with van der Waals surface area (Å²) in [5.74, 6) is 0.945. The van der Waals surface area contributed by atoms with Crippen LogP contribution in [0, 0.1) is 11.3 Å². The van der Waals surface area contributed by atoms with E-state index in [1.807, 2.05) is 36.4 Å². The minimum atomic E-state index is 0.689. The predicted octanol–water partition coefficient (Wildman–Crippen LogP) is 5.94. The van der Waals surface area contributed by atoms with E-state index in [0.29, 0.717) is 5.56 Å². The van der Waals surface area contributed by atoms with Crippen LogP contribution >= 0.6 is 43.6 Å². The molecule has 2 aromatic rings. The molecule has 0 aromatic heterocycles. The predicted molar refractivity (Wildman–Crippen MR) is 92.7 cm³/mol. The normalized spacial score (nSPS) is 10.1. The Bertz CT molecular complexity index is 665. The van der Waals surface area contributed by atoms with Crippen molar-refractivity contribution in [2.75, 3.05) is 11.1 Å². The highest BCUT2D eigenvalue weighted by Crippen LogP contribution is 2.33. The van der Waals surface area contributed by atoms with Crippen molar-refractivity contribution in [1.82, 2.24) is 0 Å². The van der Waals surface area contributed by atoms with E-state index in [1.54, 1.807) is 11.8 Å². The third-order valence-electron chi connectivity index (χ3n) is 2.64. The van der Waals surface area contributed by atoms with E-state index >= 15 is 0 Å². The van der Waals surface area contributed by atoms with Crippen LogP contribution in [0.25, 0.3) is 0 Å². The van der Waals surface area contributed by atoms with E-state index < -0.39 is 0 Å². The zero-order valence-corrected chi connectivity index (χ0v) is 14.8. The van der Waals surface area contributed by atoms with Crippen LogP contribution in [0.15, 0.2) is 50.2 Å². The molecule has 0 fully saturated rings. The second-order valence-electron chi connectivity index (χ2n) is 3.97. The number of anilines is 2. The summed E-state index contributed by atoms with van der Waals surface area (Å²) in [4.78, 5) is 1.01. The van der Waals surface area contributed by atoms with Gasteiger partial charge in [0.05, 0.1) is 16.9 Å². The highest BCUT2D eigenvalue weighted by Gasteiger charge is 2.09. The van der Waals surface area contributed by atoms with Crippen LogP contribution in [0.2, 0.25) is 0 Å². The van der Waals surface area contributed by atoms with E-state index in [2.05, 4.69) is 50.2 Å². The number of rotatable bonds is 4. The zero-order valence-electron chi connectivity index (χ0n) is 10.8. The molecule has 0 radical (unpaired) electrons. The number of nitriles is 1. The molecule has 0 aliphatic rings. The van der Waals surface area contributed by atoms with E-state index in [-0.39, 0.29) is 0 Å². The van der Waals surface area contributed by atoms with E-state index in [9.17, 15) is 5.26 Å². The van der Waals surface area contributed by atoms with Gasteiger partial charge in [-0.2, -0.15) is 5.26 Å². The van der Waals surface area contributed by atoms with Crippen molar-refractivity contribution in [1.29, 1.82) is 5.26 Å². The minimum absolute atomic E-state index is 0.689. The lowest BCUT2D eigenvalue weighted by atomic mass is 10.2. The molecule has 5 heteroatoms. The molecule has 0 unspecified atom stereocenters. The number of benzene rings is 2. The van der Waals surface area contributed by atoms with E-state index in [1.165, 1.54) is 0 Å². The molecule has 0 aliphatic carbocycles. The first-order chi connectivity index (χ1) is 9.65. The SMILES string of the molecule is CCSc1cccc(Nc2ccc(Br)cc2Br)c1C#N. The quantitative estimate of drug-likeness (QED) is 0.632. The summed E-state index contributed by atoms with van der Waals surface area (Å²) in [5, 5.41) is 12.7. The van der Waals surface area contributed by atoms with Gasteiger partial charge in [0.1, 0.15) is 6.07 Å². The molecule has 0 aliphatic heterocycles. The Balaban J connectivity index is 2.38. The Morgan fingerprint density at radius 2 is 2.00 bits per heavy atom. The van der Waals surface area contributed by atoms with Crippen LogP contribution in [-0.4, -0.2) is 5.75 Å². The van der Waals surface area contributed by atoms with Crippen molar-refractivity contribution in [3.63, 3.8) is 0 Å². The lowest BCUT2D eigenvalue weighted by Crippen LogP contribution is -1.96. The van der Waals surface area contributed by atoms with Gasteiger partial charge >= 0.3 is 0 Å². The molecule has 0 saturated carbocycles. The maximum atomic E-state index is 9.39. The van der Waals surface area contributed by atoms with Gasteiger partial charge in [0.2, 0.25) is 0 Å². The van der Waals surface area contributed by atoms with Crippen LogP contribution in [-0.2, 0) is 0 Å². The molecule has 2 rings (SSSR count). The number of nitrogens with one attached hydrogen (secondary N) is 1. The topological polar surface area (TPSA) is 35.8 Å². The fraction of sp³-hybridized carbons (Fsp3) is 0.133. The molecule has 0 saturated heterocycles. The molecule has 2 aromatic carbocycles. The third kappa shape index (κ3) is 3.57. The largest absolute Gasteiger partial charge is 0.353 e. The molecule has 20 heavy (non-hydrogen) atoms.